The van der Waals surface area contributed by atoms with E-state index in [2.05, 4.69) is 42.5 Å². The van der Waals surface area contributed by atoms with Gasteiger partial charge < -0.3 is 5.11 Å². The number of ketones is 1. The van der Waals surface area contributed by atoms with Gasteiger partial charge in [0, 0.05) is 12.0 Å². The molecule has 6 rings (SSSR count). The molecule has 0 saturated carbocycles. The number of carbonyl (C=O) groups is 1. The van der Waals surface area contributed by atoms with E-state index in [0.717, 1.165) is 33.9 Å². The summed E-state index contributed by atoms with van der Waals surface area (Å²) in [5.74, 6) is 0.253. The molecule has 0 fully saturated rings. The van der Waals surface area contributed by atoms with Gasteiger partial charge in [0.25, 0.3) is 0 Å². The fourth-order valence-corrected chi connectivity index (χ4v) is 5.04. The second-order valence-corrected chi connectivity index (χ2v) is 7.36. The number of aromatic hydroxyl groups is 1. The molecule has 0 amide bonds. The second kappa shape index (κ2) is 4.73. The highest BCUT2D eigenvalue weighted by molar-refractivity contribution is 6.09. The van der Waals surface area contributed by atoms with Crippen LogP contribution >= 0.6 is 0 Å². The van der Waals surface area contributed by atoms with Crippen molar-refractivity contribution in [2.24, 2.45) is 5.92 Å². The minimum absolute atomic E-state index is 0.222. The molecule has 2 heteroatoms. The molecule has 3 aromatic carbocycles. The first-order chi connectivity index (χ1) is 12.7. The molecule has 0 saturated heterocycles. The number of rotatable bonds is 0. The van der Waals surface area contributed by atoms with Crippen LogP contribution in [0.1, 0.15) is 23.1 Å². The average Bonchev–Trinajstić information content (AvgIpc) is 2.98. The van der Waals surface area contributed by atoms with Gasteiger partial charge in [-0.05, 0) is 62.0 Å². The molecule has 0 aliphatic heterocycles. The van der Waals surface area contributed by atoms with Crippen molar-refractivity contribution < 1.29 is 9.90 Å². The number of benzene rings is 3. The zero-order chi connectivity index (χ0) is 17.4. The molecule has 0 radical (unpaired) electrons. The lowest BCUT2D eigenvalue weighted by atomic mass is 9.77. The summed E-state index contributed by atoms with van der Waals surface area (Å²) in [5, 5.41) is 15.4. The molecule has 1 atom stereocenters. The molecule has 3 aromatic rings. The Kier molecular flexibility index (Phi) is 2.56. The number of hydrogen-bond acceptors (Lipinski definition) is 2. The van der Waals surface area contributed by atoms with E-state index < -0.39 is 0 Å². The zero-order valence-electron chi connectivity index (χ0n) is 14.1. The molecule has 1 N–H and O–H groups in total. The minimum atomic E-state index is -0.252. The molecule has 3 aliphatic carbocycles. The molecule has 124 valence electrons. The molecule has 0 heterocycles. The van der Waals surface area contributed by atoms with Gasteiger partial charge in [0.2, 0.25) is 0 Å². The normalized spacial score (nSPS) is 19.5. The highest BCUT2D eigenvalue weighted by Gasteiger charge is 2.38. The number of phenols is 1. The number of carbonyl (C=O) groups excluding carboxylic acids is 1. The van der Waals surface area contributed by atoms with E-state index in [9.17, 15) is 9.90 Å². The Bertz CT molecular complexity index is 1310. The number of Topliss-reactive ketones (excluding diaryl/α,β-unsaturated/α-hetero) is 1. The van der Waals surface area contributed by atoms with Gasteiger partial charge in [-0.25, -0.2) is 0 Å². The quantitative estimate of drug-likeness (QED) is 0.685. The number of allylic oxidation sites excluding steroid dienone is 2. The lowest BCUT2D eigenvalue weighted by Crippen LogP contribution is -2.32. The van der Waals surface area contributed by atoms with Crippen molar-refractivity contribution in [3.8, 4) is 5.75 Å². The summed E-state index contributed by atoms with van der Waals surface area (Å²) >= 11 is 0. The van der Waals surface area contributed by atoms with Crippen LogP contribution in [-0.2, 0) is 11.2 Å². The Labute approximate surface area is 150 Å². The van der Waals surface area contributed by atoms with Gasteiger partial charge in [0.1, 0.15) is 11.5 Å². The van der Waals surface area contributed by atoms with Gasteiger partial charge in [-0.3, -0.25) is 4.79 Å². The molecule has 1 unspecified atom stereocenters. The van der Waals surface area contributed by atoms with Gasteiger partial charge in [0.15, 0.2) is 0 Å². The fourth-order valence-electron chi connectivity index (χ4n) is 5.04. The second-order valence-electron chi connectivity index (χ2n) is 7.36. The molecular weight excluding hydrogens is 320 g/mol. The predicted molar refractivity (Wildman–Crippen MR) is 102 cm³/mol. The average molecular weight is 336 g/mol. The van der Waals surface area contributed by atoms with E-state index in [1.165, 1.54) is 21.6 Å². The maximum absolute atomic E-state index is 12.9. The Morgan fingerprint density at radius 1 is 1.04 bits per heavy atom. The van der Waals surface area contributed by atoms with Crippen LogP contribution in [0.2, 0.25) is 0 Å². The third-order valence-electron chi connectivity index (χ3n) is 6.04. The Balaban J connectivity index is 1.92. The smallest absolute Gasteiger partial charge is 0.148 e. The van der Waals surface area contributed by atoms with E-state index in [1.807, 2.05) is 12.1 Å². The van der Waals surface area contributed by atoms with Crippen molar-refractivity contribution in [3.63, 3.8) is 0 Å². The van der Waals surface area contributed by atoms with Crippen molar-refractivity contribution in [3.05, 3.63) is 87.8 Å². The monoisotopic (exact) mass is 336 g/mol. The van der Waals surface area contributed by atoms with Crippen LogP contribution in [0.25, 0.3) is 21.9 Å². The van der Waals surface area contributed by atoms with Gasteiger partial charge in [-0.1, -0.05) is 48.6 Å². The van der Waals surface area contributed by atoms with Crippen molar-refractivity contribution in [1.29, 1.82) is 0 Å². The third kappa shape index (κ3) is 1.60. The highest BCUT2D eigenvalue weighted by Crippen LogP contribution is 2.43. The van der Waals surface area contributed by atoms with E-state index in [-0.39, 0.29) is 17.5 Å². The first-order valence-electron chi connectivity index (χ1n) is 9.03. The minimum Gasteiger partial charge on any atom is -0.507 e. The molecular formula is C24H16O2. The summed E-state index contributed by atoms with van der Waals surface area (Å²) in [6, 6.07) is 16.4. The largest absolute Gasteiger partial charge is 0.507 e. The summed E-state index contributed by atoms with van der Waals surface area (Å²) in [6.45, 7) is 0. The van der Waals surface area contributed by atoms with Crippen LogP contribution in [0, 0.1) is 5.92 Å². The fraction of sp³-hybridized carbons (Fsp3) is 0.125. The molecule has 2 nitrogen and oxygen atoms in total. The molecule has 0 spiro atoms. The van der Waals surface area contributed by atoms with Crippen LogP contribution in [0.3, 0.4) is 0 Å². The summed E-state index contributed by atoms with van der Waals surface area (Å²) < 4.78 is 0. The lowest BCUT2D eigenvalue weighted by Gasteiger charge is -2.25. The van der Waals surface area contributed by atoms with Crippen LogP contribution in [0.5, 0.6) is 5.75 Å². The van der Waals surface area contributed by atoms with E-state index in [0.29, 0.717) is 6.42 Å². The predicted octanol–water partition coefficient (Wildman–Crippen LogP) is 2.96. The highest BCUT2D eigenvalue weighted by atomic mass is 16.3. The summed E-state index contributed by atoms with van der Waals surface area (Å²) in [7, 11) is 0. The van der Waals surface area contributed by atoms with Crippen molar-refractivity contribution in [2.45, 2.75) is 12.8 Å². The number of fused-ring (bicyclic) bond motifs is 6. The van der Waals surface area contributed by atoms with Crippen molar-refractivity contribution in [2.75, 3.05) is 0 Å². The van der Waals surface area contributed by atoms with Crippen LogP contribution in [0.4, 0.5) is 0 Å². The third-order valence-corrected chi connectivity index (χ3v) is 6.04. The Morgan fingerprint density at radius 3 is 2.85 bits per heavy atom. The SMILES string of the molecule is O=C1CC=CC2=c3cc4ccccc4c4c3=C(c3c(O)cccc3C4)C12. The first-order valence-corrected chi connectivity index (χ1v) is 9.03. The van der Waals surface area contributed by atoms with Crippen LogP contribution < -0.4 is 10.4 Å². The van der Waals surface area contributed by atoms with Gasteiger partial charge >= 0.3 is 0 Å². The first kappa shape index (κ1) is 14.1. The lowest BCUT2D eigenvalue weighted by molar-refractivity contribution is -0.119. The Hall–Kier alpha value is -3.13. The van der Waals surface area contributed by atoms with Gasteiger partial charge in [-0.2, -0.15) is 0 Å². The van der Waals surface area contributed by atoms with Crippen molar-refractivity contribution >= 4 is 27.7 Å². The zero-order valence-corrected chi connectivity index (χ0v) is 14.1. The standard InChI is InChI=1S/C24H16O2/c25-19-9-3-6-14-12-17-15-7-2-1-5-13(15)11-18-16-8-4-10-20(26)23(16)24(21(14)19)22(17)18/h1-9,11,23,25H,10,12H2. The summed E-state index contributed by atoms with van der Waals surface area (Å²) in [5.41, 5.74) is 5.38. The van der Waals surface area contributed by atoms with Crippen molar-refractivity contribution in [1.82, 2.24) is 0 Å². The maximum Gasteiger partial charge on any atom is 0.148 e. The van der Waals surface area contributed by atoms with E-state index in [4.69, 9.17) is 0 Å². The van der Waals surface area contributed by atoms with Crippen LogP contribution in [0.15, 0.2) is 60.7 Å². The topological polar surface area (TPSA) is 37.3 Å². The Morgan fingerprint density at radius 2 is 1.92 bits per heavy atom. The molecule has 3 aliphatic rings. The van der Waals surface area contributed by atoms with Crippen LogP contribution in [-0.4, -0.2) is 10.9 Å². The summed E-state index contributed by atoms with van der Waals surface area (Å²) in [4.78, 5) is 12.9. The number of phenolic OH excluding ortho intramolecular Hbond substituents is 1. The molecule has 0 bridgehead atoms. The summed E-state index contributed by atoms with van der Waals surface area (Å²) in [6.07, 6.45) is 5.33. The molecule has 26 heavy (non-hydrogen) atoms. The molecule has 0 aromatic heterocycles. The maximum atomic E-state index is 12.9. The van der Waals surface area contributed by atoms with E-state index >= 15 is 0 Å². The number of hydrogen-bond donors (Lipinski definition) is 1. The van der Waals surface area contributed by atoms with E-state index in [1.54, 1.807) is 6.07 Å². The van der Waals surface area contributed by atoms with Gasteiger partial charge in [-0.15, -0.1) is 0 Å². The van der Waals surface area contributed by atoms with Gasteiger partial charge in [0.05, 0.1) is 5.92 Å².